The van der Waals surface area contributed by atoms with Gasteiger partial charge in [0.1, 0.15) is 5.82 Å². The summed E-state index contributed by atoms with van der Waals surface area (Å²) in [7, 11) is -0.443. The van der Waals surface area contributed by atoms with Gasteiger partial charge in [0.15, 0.2) is 0 Å². The first-order chi connectivity index (χ1) is 12.3. The first kappa shape index (κ1) is 19.2. The zero-order valence-corrected chi connectivity index (χ0v) is 17.1. The molecule has 0 aliphatic carbocycles. The Hall–Kier alpha value is -1.61. The number of benzene rings is 1. The summed E-state index contributed by atoms with van der Waals surface area (Å²) in [6, 6.07) is 8.75. The van der Waals surface area contributed by atoms with E-state index >= 15 is 0 Å². The molecule has 6 nitrogen and oxygen atoms in total. The smallest absolute Gasteiger partial charge is 0.242 e. The van der Waals surface area contributed by atoms with Gasteiger partial charge in [-0.05, 0) is 37.3 Å². The number of thioether (sulfide) groups is 1. The fraction of sp³-hybridized carbons (Fsp3) is 0.294. The van der Waals surface area contributed by atoms with Crippen molar-refractivity contribution in [1.82, 2.24) is 18.8 Å². The quantitative estimate of drug-likeness (QED) is 0.580. The van der Waals surface area contributed by atoms with Gasteiger partial charge in [0, 0.05) is 26.8 Å². The fourth-order valence-corrected chi connectivity index (χ4v) is 4.40. The third kappa shape index (κ3) is 3.73. The van der Waals surface area contributed by atoms with Crippen LogP contribution in [0.4, 0.5) is 0 Å². The summed E-state index contributed by atoms with van der Waals surface area (Å²) < 4.78 is 28.0. The van der Waals surface area contributed by atoms with Crippen LogP contribution in [0.1, 0.15) is 12.7 Å². The van der Waals surface area contributed by atoms with Crippen LogP contribution in [0, 0.1) is 0 Å². The number of halogens is 1. The van der Waals surface area contributed by atoms with Crippen molar-refractivity contribution in [2.24, 2.45) is 0 Å². The third-order valence-corrected chi connectivity index (χ3v) is 6.92. The third-order valence-electron chi connectivity index (χ3n) is 3.94. The maximum atomic E-state index is 12.3. The highest BCUT2D eigenvalue weighted by Gasteiger charge is 2.19. The molecule has 0 saturated carbocycles. The van der Waals surface area contributed by atoms with Crippen LogP contribution in [-0.2, 0) is 22.3 Å². The highest BCUT2D eigenvalue weighted by atomic mass is 35.5. The number of fused-ring (bicyclic) bond motifs is 1. The van der Waals surface area contributed by atoms with E-state index in [0.717, 1.165) is 22.9 Å². The van der Waals surface area contributed by atoms with E-state index in [1.165, 1.54) is 18.4 Å². The van der Waals surface area contributed by atoms with Gasteiger partial charge in [0.05, 0.1) is 31.7 Å². The summed E-state index contributed by atoms with van der Waals surface area (Å²) >= 11 is 7.43. The van der Waals surface area contributed by atoms with Crippen molar-refractivity contribution in [1.29, 1.82) is 0 Å². The van der Waals surface area contributed by atoms with Crippen molar-refractivity contribution < 1.29 is 8.42 Å². The molecule has 1 aromatic carbocycles. The summed E-state index contributed by atoms with van der Waals surface area (Å²) in [5.41, 5.74) is 1.60. The molecule has 0 aliphatic heterocycles. The maximum absolute atomic E-state index is 12.3. The molecule has 3 aromatic rings. The van der Waals surface area contributed by atoms with Gasteiger partial charge in [-0.25, -0.2) is 22.7 Å². The molecule has 0 unspecified atom stereocenters. The van der Waals surface area contributed by atoms with Crippen LogP contribution in [0.15, 0.2) is 46.5 Å². The van der Waals surface area contributed by atoms with Crippen LogP contribution >= 0.6 is 23.4 Å². The Bertz CT molecular complexity index is 1030. The Balaban J connectivity index is 1.94. The first-order valence-corrected chi connectivity index (χ1v) is 10.8. The van der Waals surface area contributed by atoms with E-state index in [-0.39, 0.29) is 4.90 Å². The second-order valence-corrected chi connectivity index (χ2v) is 9.40. The predicted octanol–water partition coefficient (Wildman–Crippen LogP) is 3.65. The maximum Gasteiger partial charge on any atom is 0.242 e. The number of pyridine rings is 1. The number of aryl methyl sites for hydroxylation is 1. The van der Waals surface area contributed by atoms with E-state index in [2.05, 4.69) is 14.5 Å². The molecule has 0 bridgehead atoms. The Labute approximate surface area is 162 Å². The zero-order chi connectivity index (χ0) is 18.9. The van der Waals surface area contributed by atoms with E-state index in [9.17, 15) is 8.42 Å². The molecular formula is C17H19ClN4O2S2. The predicted molar refractivity (Wildman–Crippen MR) is 105 cm³/mol. The first-order valence-electron chi connectivity index (χ1n) is 7.99. The second kappa shape index (κ2) is 7.56. The average molecular weight is 411 g/mol. The Morgan fingerprint density at radius 1 is 1.23 bits per heavy atom. The largest absolute Gasteiger partial charge is 0.328 e. The summed E-state index contributed by atoms with van der Waals surface area (Å²) in [6.07, 6.45) is 1.62. The molecule has 0 N–H and O–H groups in total. The lowest BCUT2D eigenvalue weighted by Gasteiger charge is -2.11. The van der Waals surface area contributed by atoms with E-state index < -0.39 is 10.0 Å². The lowest BCUT2D eigenvalue weighted by atomic mass is 10.3. The topological polar surface area (TPSA) is 68.1 Å². The van der Waals surface area contributed by atoms with Crippen molar-refractivity contribution in [3.63, 3.8) is 0 Å². The molecule has 0 fully saturated rings. The molecule has 0 saturated heterocycles. The van der Waals surface area contributed by atoms with E-state index in [1.807, 2.05) is 19.1 Å². The van der Waals surface area contributed by atoms with Crippen LogP contribution in [0.2, 0.25) is 5.02 Å². The minimum Gasteiger partial charge on any atom is -0.328 e. The molecule has 0 radical (unpaired) electrons. The summed E-state index contributed by atoms with van der Waals surface area (Å²) in [5, 5.41) is 1.46. The van der Waals surface area contributed by atoms with Crippen LogP contribution in [-0.4, -0.2) is 41.4 Å². The SMILES string of the molecule is CCn1c(CSc2ccc(Cl)cn2)nc2cc(S(=O)(=O)N(C)C)ccc21. The molecule has 3 rings (SSSR count). The Kier molecular flexibility index (Phi) is 5.57. The molecule has 2 aromatic heterocycles. The number of rotatable bonds is 6. The number of hydrogen-bond acceptors (Lipinski definition) is 5. The van der Waals surface area contributed by atoms with Gasteiger partial charge in [-0.1, -0.05) is 23.4 Å². The van der Waals surface area contributed by atoms with Gasteiger partial charge >= 0.3 is 0 Å². The molecule has 0 aliphatic rings. The van der Waals surface area contributed by atoms with Gasteiger partial charge in [0.25, 0.3) is 0 Å². The number of imidazole rings is 1. The Morgan fingerprint density at radius 3 is 2.62 bits per heavy atom. The summed E-state index contributed by atoms with van der Waals surface area (Å²) in [5.74, 6) is 1.51. The standard InChI is InChI=1S/C17H19ClN4O2S2/c1-4-22-15-7-6-13(26(23,24)21(2)3)9-14(15)20-16(22)11-25-17-8-5-12(18)10-19-17/h5-10H,4,11H2,1-3H3. The van der Waals surface area contributed by atoms with Crippen LogP contribution in [0.25, 0.3) is 11.0 Å². The van der Waals surface area contributed by atoms with E-state index in [0.29, 0.717) is 16.3 Å². The van der Waals surface area contributed by atoms with E-state index in [4.69, 9.17) is 11.6 Å². The molecule has 2 heterocycles. The Morgan fingerprint density at radius 2 is 2.00 bits per heavy atom. The normalized spacial score (nSPS) is 12.2. The van der Waals surface area contributed by atoms with Gasteiger partial charge in [-0.2, -0.15) is 0 Å². The van der Waals surface area contributed by atoms with Crippen molar-refractivity contribution in [2.45, 2.75) is 29.1 Å². The molecule has 26 heavy (non-hydrogen) atoms. The number of hydrogen-bond donors (Lipinski definition) is 0. The van der Waals surface area contributed by atoms with Gasteiger partial charge in [-0.3, -0.25) is 0 Å². The van der Waals surface area contributed by atoms with Crippen molar-refractivity contribution in [2.75, 3.05) is 14.1 Å². The summed E-state index contributed by atoms with van der Waals surface area (Å²) in [4.78, 5) is 9.18. The minimum absolute atomic E-state index is 0.245. The monoisotopic (exact) mass is 410 g/mol. The zero-order valence-electron chi connectivity index (χ0n) is 14.7. The number of nitrogens with zero attached hydrogens (tertiary/aromatic N) is 4. The lowest BCUT2D eigenvalue weighted by molar-refractivity contribution is 0.521. The molecule has 0 spiro atoms. The molecule has 0 atom stereocenters. The van der Waals surface area contributed by atoms with Crippen LogP contribution in [0.3, 0.4) is 0 Å². The number of aromatic nitrogens is 3. The highest BCUT2D eigenvalue weighted by molar-refractivity contribution is 7.98. The van der Waals surface area contributed by atoms with Gasteiger partial charge < -0.3 is 4.57 Å². The van der Waals surface area contributed by atoms with E-state index in [1.54, 1.807) is 36.2 Å². The van der Waals surface area contributed by atoms with Crippen molar-refractivity contribution in [3.8, 4) is 0 Å². The molecule has 138 valence electrons. The van der Waals surface area contributed by atoms with Gasteiger partial charge in [0.2, 0.25) is 10.0 Å². The second-order valence-electron chi connectivity index (χ2n) is 5.81. The fourth-order valence-electron chi connectivity index (χ4n) is 2.58. The number of sulfonamides is 1. The average Bonchev–Trinajstić information content (AvgIpc) is 2.97. The van der Waals surface area contributed by atoms with Crippen molar-refractivity contribution in [3.05, 3.63) is 47.4 Å². The molecule has 9 heteroatoms. The molecule has 0 amide bonds. The minimum atomic E-state index is -3.48. The van der Waals surface area contributed by atoms with Gasteiger partial charge in [-0.15, -0.1) is 0 Å². The van der Waals surface area contributed by atoms with Crippen LogP contribution < -0.4 is 0 Å². The van der Waals surface area contributed by atoms with Crippen LogP contribution in [0.5, 0.6) is 0 Å². The molecular weight excluding hydrogens is 392 g/mol. The lowest BCUT2D eigenvalue weighted by Crippen LogP contribution is -2.22. The van der Waals surface area contributed by atoms with Crippen molar-refractivity contribution >= 4 is 44.4 Å². The highest BCUT2D eigenvalue weighted by Crippen LogP contribution is 2.26. The summed E-state index contributed by atoms with van der Waals surface area (Å²) in [6.45, 7) is 2.79.